The molecule has 9 heteroatoms. The summed E-state index contributed by atoms with van der Waals surface area (Å²) in [4.78, 5) is 12.1. The number of tetrazole rings is 1. The largest absolute Gasteiger partial charge is 0.496 e. The van der Waals surface area contributed by atoms with Crippen LogP contribution in [0.4, 0.5) is 0 Å². The lowest BCUT2D eigenvalue weighted by Gasteiger charge is -2.09. The average Bonchev–Trinajstić information content (AvgIpc) is 3.14. The van der Waals surface area contributed by atoms with Crippen molar-refractivity contribution in [1.82, 2.24) is 25.5 Å². The molecule has 26 heavy (non-hydrogen) atoms. The van der Waals surface area contributed by atoms with Crippen molar-refractivity contribution in [3.63, 3.8) is 0 Å². The number of hydrogen-bond acceptors (Lipinski definition) is 6. The van der Waals surface area contributed by atoms with Gasteiger partial charge in [0.25, 0.3) is 0 Å². The van der Waals surface area contributed by atoms with Gasteiger partial charge in [-0.25, -0.2) is 0 Å². The molecule has 0 spiro atoms. The lowest BCUT2D eigenvalue weighted by molar-refractivity contribution is -0.118. The summed E-state index contributed by atoms with van der Waals surface area (Å²) in [5, 5.41) is 15.6. The molecule has 1 heterocycles. The maximum atomic E-state index is 12.1. The first-order chi connectivity index (χ1) is 12.7. The molecule has 0 atom stereocenters. The minimum absolute atomic E-state index is 0.119. The second-order valence-corrected chi connectivity index (χ2v) is 6.61. The number of halogens is 1. The number of thioether (sulfide) groups is 1. The summed E-state index contributed by atoms with van der Waals surface area (Å²) in [6, 6.07) is 14.7. The van der Waals surface area contributed by atoms with Crippen molar-refractivity contribution in [2.75, 3.05) is 12.9 Å². The van der Waals surface area contributed by atoms with Gasteiger partial charge >= 0.3 is 0 Å². The first kappa shape index (κ1) is 18.2. The standard InChI is InChI=1S/C17H16ClN5O2S/c1-25-15-5-3-2-4-12(15)10-19-16(24)11-26-17-20-21-22-23(17)14-8-6-13(18)7-9-14/h2-9H,10-11H2,1H3,(H,19,24). The van der Waals surface area contributed by atoms with E-state index in [2.05, 4.69) is 20.8 Å². The van der Waals surface area contributed by atoms with Crippen molar-refractivity contribution < 1.29 is 9.53 Å². The summed E-state index contributed by atoms with van der Waals surface area (Å²) in [6.07, 6.45) is 0. The molecule has 0 aliphatic carbocycles. The number of carbonyl (C=O) groups excluding carboxylic acids is 1. The number of rotatable bonds is 7. The molecule has 2 aromatic carbocycles. The monoisotopic (exact) mass is 389 g/mol. The molecule has 0 unspecified atom stereocenters. The van der Waals surface area contributed by atoms with Crippen LogP contribution in [0.2, 0.25) is 5.02 Å². The first-order valence-electron chi connectivity index (χ1n) is 7.73. The number of methoxy groups -OCH3 is 1. The van der Waals surface area contributed by atoms with E-state index < -0.39 is 0 Å². The highest BCUT2D eigenvalue weighted by atomic mass is 35.5. The topological polar surface area (TPSA) is 81.9 Å². The number of nitrogens with one attached hydrogen (secondary N) is 1. The molecule has 0 bridgehead atoms. The normalized spacial score (nSPS) is 10.5. The third-order valence-electron chi connectivity index (χ3n) is 3.51. The first-order valence-corrected chi connectivity index (χ1v) is 9.09. The summed E-state index contributed by atoms with van der Waals surface area (Å²) in [7, 11) is 1.60. The minimum atomic E-state index is -0.119. The average molecular weight is 390 g/mol. The van der Waals surface area contributed by atoms with Gasteiger partial charge in [0.1, 0.15) is 5.75 Å². The molecule has 134 valence electrons. The SMILES string of the molecule is COc1ccccc1CNC(=O)CSc1nnnn1-c1ccc(Cl)cc1. The van der Waals surface area contributed by atoms with Gasteiger partial charge in [-0.05, 0) is 40.8 Å². The van der Waals surface area contributed by atoms with E-state index in [9.17, 15) is 4.79 Å². The maximum Gasteiger partial charge on any atom is 0.230 e. The lowest BCUT2D eigenvalue weighted by Crippen LogP contribution is -2.25. The highest BCUT2D eigenvalue weighted by Crippen LogP contribution is 2.20. The Hall–Kier alpha value is -2.58. The van der Waals surface area contributed by atoms with Gasteiger partial charge in [-0.2, -0.15) is 4.68 Å². The quantitative estimate of drug-likeness (QED) is 0.626. The van der Waals surface area contributed by atoms with E-state index in [1.807, 2.05) is 36.4 Å². The lowest BCUT2D eigenvalue weighted by atomic mass is 10.2. The Labute approximate surface area is 159 Å². The van der Waals surface area contributed by atoms with Gasteiger partial charge in [0, 0.05) is 17.1 Å². The molecule has 1 amide bonds. The van der Waals surface area contributed by atoms with E-state index in [0.29, 0.717) is 16.7 Å². The number of ether oxygens (including phenoxy) is 1. The van der Waals surface area contributed by atoms with Crippen LogP contribution in [0.1, 0.15) is 5.56 Å². The van der Waals surface area contributed by atoms with E-state index in [1.54, 1.807) is 23.9 Å². The number of benzene rings is 2. The fraction of sp³-hybridized carbons (Fsp3) is 0.176. The van der Waals surface area contributed by atoms with Crippen LogP contribution < -0.4 is 10.1 Å². The molecule has 7 nitrogen and oxygen atoms in total. The van der Waals surface area contributed by atoms with Crippen molar-refractivity contribution in [3.05, 3.63) is 59.1 Å². The van der Waals surface area contributed by atoms with Gasteiger partial charge in [-0.15, -0.1) is 5.10 Å². The number of nitrogens with zero attached hydrogens (tertiary/aromatic N) is 4. The van der Waals surface area contributed by atoms with Crippen LogP contribution in [0, 0.1) is 0 Å². The van der Waals surface area contributed by atoms with E-state index in [1.165, 1.54) is 11.8 Å². The molecule has 0 saturated carbocycles. The molecule has 0 radical (unpaired) electrons. The number of para-hydroxylation sites is 1. The maximum absolute atomic E-state index is 12.1. The van der Waals surface area contributed by atoms with Gasteiger partial charge in [-0.3, -0.25) is 4.79 Å². The molecule has 3 rings (SSSR count). The summed E-state index contributed by atoms with van der Waals surface area (Å²) in [5.74, 6) is 0.821. The van der Waals surface area contributed by atoms with E-state index >= 15 is 0 Å². The molecular formula is C17H16ClN5O2S. The zero-order chi connectivity index (χ0) is 18.4. The summed E-state index contributed by atoms with van der Waals surface area (Å²) < 4.78 is 6.84. The van der Waals surface area contributed by atoms with Crippen LogP contribution in [-0.4, -0.2) is 39.0 Å². The van der Waals surface area contributed by atoms with Crippen molar-refractivity contribution in [2.45, 2.75) is 11.7 Å². The van der Waals surface area contributed by atoms with Crippen molar-refractivity contribution in [3.8, 4) is 11.4 Å². The fourth-order valence-corrected chi connectivity index (χ4v) is 3.08. The van der Waals surface area contributed by atoms with Crippen LogP contribution >= 0.6 is 23.4 Å². The summed E-state index contributed by atoms with van der Waals surface area (Å²) in [6.45, 7) is 0.394. The molecule has 1 N–H and O–H groups in total. The predicted octanol–water partition coefficient (Wildman–Crippen LogP) is 2.73. The molecule has 0 aliphatic heterocycles. The number of hydrogen-bond donors (Lipinski definition) is 1. The Morgan fingerprint density at radius 2 is 2.00 bits per heavy atom. The molecule has 0 saturated heterocycles. The van der Waals surface area contributed by atoms with E-state index in [-0.39, 0.29) is 11.7 Å². The highest BCUT2D eigenvalue weighted by Gasteiger charge is 2.12. The van der Waals surface area contributed by atoms with Crippen molar-refractivity contribution in [2.24, 2.45) is 0 Å². The van der Waals surface area contributed by atoms with Crippen LogP contribution in [-0.2, 0) is 11.3 Å². The van der Waals surface area contributed by atoms with Crippen molar-refractivity contribution >= 4 is 29.3 Å². The zero-order valence-electron chi connectivity index (χ0n) is 13.9. The van der Waals surface area contributed by atoms with Gasteiger partial charge in [-0.1, -0.05) is 41.6 Å². The Balaban J connectivity index is 1.57. The number of carbonyl (C=O) groups is 1. The molecule has 3 aromatic rings. The van der Waals surface area contributed by atoms with Crippen LogP contribution in [0.25, 0.3) is 5.69 Å². The van der Waals surface area contributed by atoms with Crippen LogP contribution in [0.5, 0.6) is 5.75 Å². The van der Waals surface area contributed by atoms with Gasteiger partial charge in [0.15, 0.2) is 0 Å². The highest BCUT2D eigenvalue weighted by molar-refractivity contribution is 7.99. The Morgan fingerprint density at radius 1 is 1.23 bits per heavy atom. The molecule has 1 aromatic heterocycles. The van der Waals surface area contributed by atoms with E-state index in [0.717, 1.165) is 17.0 Å². The summed E-state index contributed by atoms with van der Waals surface area (Å²) >= 11 is 7.15. The summed E-state index contributed by atoms with van der Waals surface area (Å²) in [5.41, 5.74) is 1.69. The van der Waals surface area contributed by atoms with Gasteiger partial charge < -0.3 is 10.1 Å². The predicted molar refractivity (Wildman–Crippen MR) is 99.7 cm³/mol. The Bertz CT molecular complexity index is 885. The molecule has 0 aliphatic rings. The minimum Gasteiger partial charge on any atom is -0.496 e. The number of aromatic nitrogens is 4. The molecule has 0 fully saturated rings. The zero-order valence-corrected chi connectivity index (χ0v) is 15.5. The second-order valence-electron chi connectivity index (χ2n) is 5.23. The third kappa shape index (κ3) is 4.53. The third-order valence-corrected chi connectivity index (χ3v) is 4.68. The van der Waals surface area contributed by atoms with Crippen LogP contribution in [0.15, 0.2) is 53.7 Å². The van der Waals surface area contributed by atoms with Gasteiger partial charge in [0.2, 0.25) is 11.1 Å². The Morgan fingerprint density at radius 3 is 2.77 bits per heavy atom. The fourth-order valence-electron chi connectivity index (χ4n) is 2.24. The smallest absolute Gasteiger partial charge is 0.230 e. The Kier molecular flexibility index (Phi) is 6.08. The van der Waals surface area contributed by atoms with Crippen molar-refractivity contribution in [1.29, 1.82) is 0 Å². The molecular weight excluding hydrogens is 374 g/mol. The van der Waals surface area contributed by atoms with E-state index in [4.69, 9.17) is 16.3 Å². The number of amides is 1. The van der Waals surface area contributed by atoms with Gasteiger partial charge in [0.05, 0.1) is 18.6 Å². The second kappa shape index (κ2) is 8.68. The van der Waals surface area contributed by atoms with Crippen LogP contribution in [0.3, 0.4) is 0 Å².